The second kappa shape index (κ2) is 6.51. The van der Waals surface area contributed by atoms with Gasteiger partial charge in [0.2, 0.25) is 0 Å². The third-order valence-corrected chi connectivity index (χ3v) is 3.13. The van der Waals surface area contributed by atoms with Gasteiger partial charge in [-0.1, -0.05) is 23.2 Å². The fourth-order valence-electron chi connectivity index (χ4n) is 1.52. The number of rotatable bonds is 4. The summed E-state index contributed by atoms with van der Waals surface area (Å²) in [6.07, 6.45) is 1.45. The van der Waals surface area contributed by atoms with Crippen LogP contribution in [-0.2, 0) is 0 Å². The Morgan fingerprint density at radius 2 is 2.00 bits per heavy atom. The molecule has 2 aromatic rings. The molecule has 0 spiro atoms. The van der Waals surface area contributed by atoms with E-state index in [-0.39, 0.29) is 5.69 Å². The van der Waals surface area contributed by atoms with Crippen LogP contribution in [0.2, 0.25) is 10.0 Å². The van der Waals surface area contributed by atoms with E-state index in [9.17, 15) is 10.1 Å². The van der Waals surface area contributed by atoms with Gasteiger partial charge in [0.25, 0.3) is 5.69 Å². The highest BCUT2D eigenvalue weighted by Crippen LogP contribution is 2.22. The Bertz CT molecular complexity index is 702. The molecule has 0 unspecified atom stereocenters. The van der Waals surface area contributed by atoms with E-state index in [2.05, 4.69) is 15.5 Å². The minimum absolute atomic E-state index is 0.0296. The number of hydrazone groups is 1. The second-order valence-electron chi connectivity index (χ2n) is 4.10. The molecule has 8 heteroatoms. The summed E-state index contributed by atoms with van der Waals surface area (Å²) >= 11 is 11.7. The molecule has 0 saturated heterocycles. The van der Waals surface area contributed by atoms with Gasteiger partial charge in [-0.15, -0.1) is 0 Å². The fraction of sp³-hybridized carbons (Fsp3) is 0.0769. The minimum atomic E-state index is -0.452. The lowest BCUT2D eigenvalue weighted by atomic mass is 10.1. The summed E-state index contributed by atoms with van der Waals surface area (Å²) in [5.74, 6) is 0.377. The molecule has 1 N–H and O–H groups in total. The fourth-order valence-corrected chi connectivity index (χ4v) is 1.94. The molecule has 0 fully saturated rings. The molecule has 108 valence electrons. The Kier molecular flexibility index (Phi) is 4.72. The van der Waals surface area contributed by atoms with Crippen LogP contribution in [0, 0.1) is 10.1 Å². The average molecular weight is 325 g/mol. The third-order valence-electron chi connectivity index (χ3n) is 2.63. The number of hydrogen-bond donors (Lipinski definition) is 1. The van der Waals surface area contributed by atoms with Crippen LogP contribution in [0.3, 0.4) is 0 Å². The van der Waals surface area contributed by atoms with E-state index in [0.29, 0.717) is 21.6 Å². The molecule has 0 bridgehead atoms. The van der Waals surface area contributed by atoms with Crippen molar-refractivity contribution < 1.29 is 4.92 Å². The van der Waals surface area contributed by atoms with E-state index in [1.54, 1.807) is 25.1 Å². The van der Waals surface area contributed by atoms with Gasteiger partial charge in [0.1, 0.15) is 0 Å². The van der Waals surface area contributed by atoms with Crippen molar-refractivity contribution in [1.82, 2.24) is 4.98 Å². The Morgan fingerprint density at radius 1 is 1.33 bits per heavy atom. The zero-order chi connectivity index (χ0) is 15.4. The van der Waals surface area contributed by atoms with Gasteiger partial charge < -0.3 is 0 Å². The number of pyridine rings is 1. The molecule has 0 amide bonds. The lowest BCUT2D eigenvalue weighted by molar-refractivity contribution is -0.384. The first-order valence-electron chi connectivity index (χ1n) is 5.83. The number of hydrogen-bond acceptors (Lipinski definition) is 5. The van der Waals surface area contributed by atoms with Crippen LogP contribution in [0.1, 0.15) is 12.5 Å². The summed E-state index contributed by atoms with van der Waals surface area (Å²) in [5.41, 5.74) is 4.14. The highest BCUT2D eigenvalue weighted by atomic mass is 35.5. The van der Waals surface area contributed by atoms with Gasteiger partial charge >= 0.3 is 0 Å². The van der Waals surface area contributed by atoms with E-state index in [0.717, 1.165) is 5.56 Å². The van der Waals surface area contributed by atoms with Crippen LogP contribution >= 0.6 is 23.2 Å². The molecule has 21 heavy (non-hydrogen) atoms. The van der Waals surface area contributed by atoms with E-state index >= 15 is 0 Å². The van der Waals surface area contributed by atoms with Gasteiger partial charge in [-0.05, 0) is 30.7 Å². The van der Waals surface area contributed by atoms with Crippen molar-refractivity contribution in [3.63, 3.8) is 0 Å². The first-order valence-corrected chi connectivity index (χ1v) is 6.59. The molecule has 1 heterocycles. The van der Waals surface area contributed by atoms with Gasteiger partial charge in [0.15, 0.2) is 5.82 Å². The van der Waals surface area contributed by atoms with Crippen LogP contribution in [0.4, 0.5) is 11.5 Å². The maximum Gasteiger partial charge on any atom is 0.269 e. The molecule has 1 aromatic heterocycles. The summed E-state index contributed by atoms with van der Waals surface area (Å²) < 4.78 is 0. The number of nitrogens with one attached hydrogen (secondary N) is 1. The molecule has 0 atom stereocenters. The average Bonchev–Trinajstić information content (AvgIpc) is 2.46. The molecule has 0 aliphatic carbocycles. The molecular formula is C13H10Cl2N4O2. The molecular weight excluding hydrogens is 315 g/mol. The van der Waals surface area contributed by atoms with Crippen molar-refractivity contribution >= 4 is 40.4 Å². The number of aromatic nitrogens is 1. The predicted molar refractivity (Wildman–Crippen MR) is 83.2 cm³/mol. The summed E-state index contributed by atoms with van der Waals surface area (Å²) in [4.78, 5) is 14.1. The van der Waals surface area contributed by atoms with Crippen molar-refractivity contribution in [3.05, 3.63) is 62.3 Å². The standard InChI is InChI=1S/C13H10Cl2N4O2/c1-8(9-2-4-11(5-3-9)19(20)21)17-18-13-12(15)6-10(14)7-16-13/h2-7H,1H3,(H,16,18)/b17-8+. The molecule has 0 radical (unpaired) electrons. The van der Waals surface area contributed by atoms with Gasteiger partial charge in [0.05, 0.1) is 20.7 Å². The number of non-ortho nitro benzene ring substituents is 1. The molecule has 2 rings (SSSR count). The topological polar surface area (TPSA) is 80.4 Å². The van der Waals surface area contributed by atoms with Crippen molar-refractivity contribution in [1.29, 1.82) is 0 Å². The smallest absolute Gasteiger partial charge is 0.260 e. The second-order valence-corrected chi connectivity index (χ2v) is 4.94. The molecule has 0 aliphatic heterocycles. The van der Waals surface area contributed by atoms with Crippen LogP contribution in [0.25, 0.3) is 0 Å². The largest absolute Gasteiger partial charge is 0.269 e. The lowest BCUT2D eigenvalue weighted by Crippen LogP contribution is -2.01. The Labute approximate surface area is 130 Å². The third kappa shape index (κ3) is 3.90. The lowest BCUT2D eigenvalue weighted by Gasteiger charge is -2.05. The number of nitro groups is 1. The van der Waals surface area contributed by atoms with Crippen LogP contribution < -0.4 is 5.43 Å². The number of benzene rings is 1. The molecule has 6 nitrogen and oxygen atoms in total. The first kappa shape index (κ1) is 15.2. The van der Waals surface area contributed by atoms with Gasteiger partial charge in [-0.3, -0.25) is 15.5 Å². The molecule has 1 aromatic carbocycles. The first-order chi connectivity index (χ1) is 9.97. The number of nitrogens with zero attached hydrogens (tertiary/aromatic N) is 3. The minimum Gasteiger partial charge on any atom is -0.260 e. The molecule has 0 aliphatic rings. The maximum absolute atomic E-state index is 10.6. The zero-order valence-corrected chi connectivity index (χ0v) is 12.4. The van der Waals surface area contributed by atoms with E-state index in [4.69, 9.17) is 23.2 Å². The number of anilines is 1. The normalized spacial score (nSPS) is 11.3. The summed E-state index contributed by atoms with van der Waals surface area (Å²) in [6.45, 7) is 1.76. The predicted octanol–water partition coefficient (Wildman–Crippen LogP) is 4.13. The van der Waals surface area contributed by atoms with E-state index < -0.39 is 4.92 Å². The Balaban J connectivity index is 2.15. The van der Waals surface area contributed by atoms with Crippen LogP contribution in [-0.4, -0.2) is 15.6 Å². The monoisotopic (exact) mass is 324 g/mol. The van der Waals surface area contributed by atoms with Gasteiger partial charge in [0, 0.05) is 18.3 Å². The number of nitro benzene ring substituents is 1. The summed E-state index contributed by atoms with van der Waals surface area (Å²) in [5, 5.41) is 15.5. The Morgan fingerprint density at radius 3 is 2.57 bits per heavy atom. The SMILES string of the molecule is C/C(=N\Nc1ncc(Cl)cc1Cl)c1ccc([N+](=O)[O-])cc1. The maximum atomic E-state index is 10.6. The van der Waals surface area contributed by atoms with Crippen LogP contribution in [0.15, 0.2) is 41.6 Å². The van der Waals surface area contributed by atoms with Crippen molar-refractivity contribution in [3.8, 4) is 0 Å². The zero-order valence-electron chi connectivity index (χ0n) is 10.9. The summed E-state index contributed by atoms with van der Waals surface area (Å²) in [6, 6.07) is 7.63. The quantitative estimate of drug-likeness (QED) is 0.520. The van der Waals surface area contributed by atoms with E-state index in [1.165, 1.54) is 18.3 Å². The highest BCUT2D eigenvalue weighted by molar-refractivity contribution is 6.35. The Hall–Kier alpha value is -2.18. The highest BCUT2D eigenvalue weighted by Gasteiger charge is 2.06. The number of halogens is 2. The molecule has 0 saturated carbocycles. The van der Waals surface area contributed by atoms with E-state index in [1.807, 2.05) is 0 Å². The summed E-state index contributed by atoms with van der Waals surface area (Å²) in [7, 11) is 0. The van der Waals surface area contributed by atoms with Crippen LogP contribution in [0.5, 0.6) is 0 Å². The van der Waals surface area contributed by atoms with Gasteiger partial charge in [-0.2, -0.15) is 5.10 Å². The van der Waals surface area contributed by atoms with Crippen molar-refractivity contribution in [2.24, 2.45) is 5.10 Å². The van der Waals surface area contributed by atoms with Crippen molar-refractivity contribution in [2.75, 3.05) is 5.43 Å². The van der Waals surface area contributed by atoms with Crippen molar-refractivity contribution in [2.45, 2.75) is 6.92 Å². The van der Waals surface area contributed by atoms with Gasteiger partial charge in [-0.25, -0.2) is 4.98 Å².